The van der Waals surface area contributed by atoms with E-state index in [9.17, 15) is 12.8 Å². The van der Waals surface area contributed by atoms with Gasteiger partial charge in [0, 0.05) is 18.8 Å². The molecule has 20 heavy (non-hydrogen) atoms. The van der Waals surface area contributed by atoms with Gasteiger partial charge in [0.2, 0.25) is 10.0 Å². The van der Waals surface area contributed by atoms with E-state index in [1.54, 1.807) is 0 Å². The summed E-state index contributed by atoms with van der Waals surface area (Å²) in [5.74, 6) is -1.01. The number of benzene rings is 1. The lowest BCUT2D eigenvalue weighted by molar-refractivity contribution is 0.171. The highest BCUT2D eigenvalue weighted by Crippen LogP contribution is 2.25. The molecule has 1 atom stereocenters. The van der Waals surface area contributed by atoms with Crippen molar-refractivity contribution in [2.45, 2.75) is 30.7 Å². The summed E-state index contributed by atoms with van der Waals surface area (Å²) in [5, 5.41) is -0.329. The van der Waals surface area contributed by atoms with Gasteiger partial charge in [-0.25, -0.2) is 17.5 Å². The highest BCUT2D eigenvalue weighted by molar-refractivity contribution is 7.89. The number of methoxy groups -OCH3 is 1. The fourth-order valence-corrected chi connectivity index (χ4v) is 3.46. The molecule has 1 aromatic carbocycles. The highest BCUT2D eigenvalue weighted by Gasteiger charge is 2.25. The Morgan fingerprint density at radius 1 is 1.50 bits per heavy atom. The first-order valence-electron chi connectivity index (χ1n) is 6.07. The molecule has 0 aliphatic rings. The van der Waals surface area contributed by atoms with Crippen molar-refractivity contribution in [2.75, 3.05) is 19.5 Å². The van der Waals surface area contributed by atoms with Crippen molar-refractivity contribution in [3.8, 4) is 0 Å². The first-order chi connectivity index (χ1) is 9.31. The average Bonchev–Trinajstić information content (AvgIpc) is 2.33. The maximum absolute atomic E-state index is 13.9. The number of nitrogens with one attached hydrogen (secondary N) is 1. The van der Waals surface area contributed by atoms with Crippen molar-refractivity contribution in [3.63, 3.8) is 0 Å². The monoisotopic (exact) mass is 324 g/mol. The Balaban J connectivity index is 3.10. The number of rotatable bonds is 7. The molecule has 114 valence electrons. The molecule has 0 aromatic heterocycles. The summed E-state index contributed by atoms with van der Waals surface area (Å²) in [6.45, 7) is 2.11. The summed E-state index contributed by atoms with van der Waals surface area (Å²) < 4.78 is 45.6. The summed E-state index contributed by atoms with van der Waals surface area (Å²) >= 11 is 5.61. The van der Waals surface area contributed by atoms with Crippen LogP contribution in [0.2, 0.25) is 5.02 Å². The molecule has 0 radical (unpaired) electrons. The summed E-state index contributed by atoms with van der Waals surface area (Å²) in [4.78, 5) is -0.556. The molecular weight excluding hydrogens is 307 g/mol. The lowest BCUT2D eigenvalue weighted by Gasteiger charge is -2.18. The van der Waals surface area contributed by atoms with Gasteiger partial charge in [-0.3, -0.25) is 0 Å². The number of ether oxygens (including phenoxy) is 1. The Morgan fingerprint density at radius 2 is 2.15 bits per heavy atom. The molecular formula is C12H18ClFN2O3S. The number of nitrogen functional groups attached to an aromatic ring is 1. The van der Waals surface area contributed by atoms with Crippen LogP contribution in [0.1, 0.15) is 19.8 Å². The summed E-state index contributed by atoms with van der Waals surface area (Å²) in [7, 11) is -2.58. The van der Waals surface area contributed by atoms with Crippen molar-refractivity contribution < 1.29 is 17.5 Å². The minimum absolute atomic E-state index is 0.0792. The summed E-state index contributed by atoms with van der Waals surface area (Å²) in [6, 6.07) is 1.77. The van der Waals surface area contributed by atoms with Crippen LogP contribution in [-0.2, 0) is 14.8 Å². The van der Waals surface area contributed by atoms with Gasteiger partial charge in [0.25, 0.3) is 0 Å². The van der Waals surface area contributed by atoms with E-state index in [4.69, 9.17) is 22.1 Å². The molecule has 0 heterocycles. The number of nitrogens with two attached hydrogens (primary N) is 1. The van der Waals surface area contributed by atoms with Gasteiger partial charge >= 0.3 is 0 Å². The van der Waals surface area contributed by atoms with Crippen LogP contribution in [0.15, 0.2) is 17.0 Å². The Labute approximate surface area is 123 Å². The smallest absolute Gasteiger partial charge is 0.243 e. The SMILES string of the molecule is CCCC(COC)NS(=O)(=O)c1cc(N)cc(Cl)c1F. The number of sulfonamides is 1. The predicted molar refractivity (Wildman–Crippen MR) is 76.7 cm³/mol. The highest BCUT2D eigenvalue weighted by atomic mass is 35.5. The fraction of sp³-hybridized carbons (Fsp3) is 0.500. The quantitative estimate of drug-likeness (QED) is 0.753. The minimum Gasteiger partial charge on any atom is -0.399 e. The molecule has 0 fully saturated rings. The first kappa shape index (κ1) is 17.2. The minimum atomic E-state index is -4.05. The van der Waals surface area contributed by atoms with Crippen LogP contribution in [0.4, 0.5) is 10.1 Å². The van der Waals surface area contributed by atoms with Gasteiger partial charge in [0.1, 0.15) is 4.90 Å². The van der Waals surface area contributed by atoms with Gasteiger partial charge in [-0.1, -0.05) is 24.9 Å². The molecule has 1 aromatic rings. The third-order valence-electron chi connectivity index (χ3n) is 2.63. The normalized spacial score (nSPS) is 13.4. The van der Waals surface area contributed by atoms with E-state index < -0.39 is 26.8 Å². The molecule has 0 aliphatic carbocycles. The Morgan fingerprint density at radius 3 is 2.70 bits per heavy atom. The predicted octanol–water partition coefficient (Wildman–Crippen LogP) is 2.15. The van der Waals surface area contributed by atoms with Crippen LogP contribution in [0.25, 0.3) is 0 Å². The molecule has 1 unspecified atom stereocenters. The van der Waals surface area contributed by atoms with E-state index in [1.807, 2.05) is 6.92 Å². The molecule has 0 aliphatic heterocycles. The second-order valence-electron chi connectivity index (χ2n) is 4.38. The zero-order valence-electron chi connectivity index (χ0n) is 11.3. The van der Waals surface area contributed by atoms with Crippen molar-refractivity contribution in [2.24, 2.45) is 0 Å². The number of hydrogen-bond acceptors (Lipinski definition) is 4. The first-order valence-corrected chi connectivity index (χ1v) is 7.93. The Bertz CT molecular complexity index is 560. The maximum Gasteiger partial charge on any atom is 0.243 e. The summed E-state index contributed by atoms with van der Waals surface area (Å²) in [5.41, 5.74) is 5.58. The van der Waals surface area contributed by atoms with Crippen LogP contribution in [0, 0.1) is 5.82 Å². The molecule has 0 spiro atoms. The second kappa shape index (κ2) is 7.21. The Hall–Kier alpha value is -0.890. The topological polar surface area (TPSA) is 81.4 Å². The molecule has 1 rings (SSSR count). The van der Waals surface area contributed by atoms with Crippen LogP contribution in [0.3, 0.4) is 0 Å². The maximum atomic E-state index is 13.9. The van der Waals surface area contributed by atoms with Gasteiger partial charge in [-0.2, -0.15) is 0 Å². The van der Waals surface area contributed by atoms with Crippen LogP contribution in [0.5, 0.6) is 0 Å². The van der Waals surface area contributed by atoms with Gasteiger partial charge in [0.05, 0.1) is 11.6 Å². The van der Waals surface area contributed by atoms with Gasteiger partial charge < -0.3 is 10.5 Å². The molecule has 0 bridgehead atoms. The third kappa shape index (κ3) is 4.31. The van der Waals surface area contributed by atoms with E-state index in [2.05, 4.69) is 4.72 Å². The van der Waals surface area contributed by atoms with Crippen LogP contribution in [-0.4, -0.2) is 28.2 Å². The molecule has 8 heteroatoms. The molecule has 3 N–H and O–H groups in total. The largest absolute Gasteiger partial charge is 0.399 e. The lowest BCUT2D eigenvalue weighted by Crippen LogP contribution is -2.38. The van der Waals surface area contributed by atoms with Crippen LogP contribution >= 0.6 is 11.6 Å². The molecule has 5 nitrogen and oxygen atoms in total. The van der Waals surface area contributed by atoms with Crippen molar-refractivity contribution in [1.82, 2.24) is 4.72 Å². The zero-order valence-corrected chi connectivity index (χ0v) is 12.9. The van der Waals surface area contributed by atoms with Crippen molar-refractivity contribution in [1.29, 1.82) is 0 Å². The van der Waals surface area contributed by atoms with Crippen molar-refractivity contribution >= 4 is 27.3 Å². The van der Waals surface area contributed by atoms with Crippen molar-refractivity contribution in [3.05, 3.63) is 23.0 Å². The second-order valence-corrected chi connectivity index (χ2v) is 6.47. The van der Waals surface area contributed by atoms with Gasteiger partial charge in [0.15, 0.2) is 5.82 Å². The van der Waals surface area contributed by atoms with E-state index >= 15 is 0 Å². The Kier molecular flexibility index (Phi) is 6.19. The zero-order chi connectivity index (χ0) is 15.3. The lowest BCUT2D eigenvalue weighted by atomic mass is 10.2. The van der Waals surface area contributed by atoms with E-state index in [0.717, 1.165) is 18.6 Å². The molecule has 0 saturated heterocycles. The van der Waals surface area contributed by atoms with E-state index in [0.29, 0.717) is 6.42 Å². The number of halogens is 2. The third-order valence-corrected chi connectivity index (χ3v) is 4.43. The molecule has 0 amide bonds. The molecule has 0 saturated carbocycles. The van der Waals surface area contributed by atoms with Crippen LogP contribution < -0.4 is 10.5 Å². The standard InChI is InChI=1S/C12H18ClFN2O3S/c1-3-4-9(7-19-2)16-20(17,18)11-6-8(15)5-10(13)12(11)14/h5-6,9,16H,3-4,7,15H2,1-2H3. The van der Waals surface area contributed by atoms with E-state index in [-0.39, 0.29) is 17.3 Å². The fourth-order valence-electron chi connectivity index (χ4n) is 1.79. The van der Waals surface area contributed by atoms with Gasteiger partial charge in [-0.15, -0.1) is 0 Å². The number of anilines is 1. The number of hydrogen-bond donors (Lipinski definition) is 2. The van der Waals surface area contributed by atoms with E-state index in [1.165, 1.54) is 7.11 Å². The van der Waals surface area contributed by atoms with Gasteiger partial charge in [-0.05, 0) is 18.6 Å². The summed E-state index contributed by atoms with van der Waals surface area (Å²) in [6.07, 6.45) is 1.33. The average molecular weight is 325 g/mol.